The van der Waals surface area contributed by atoms with Crippen LogP contribution in [0.15, 0.2) is 89.8 Å². The summed E-state index contributed by atoms with van der Waals surface area (Å²) in [7, 11) is -4.16. The van der Waals surface area contributed by atoms with Gasteiger partial charge in [0.1, 0.15) is 18.3 Å². The van der Waals surface area contributed by atoms with Crippen molar-refractivity contribution in [1.82, 2.24) is 10.2 Å². The van der Waals surface area contributed by atoms with Crippen molar-refractivity contribution < 1.29 is 22.7 Å². The predicted octanol–water partition coefficient (Wildman–Crippen LogP) is 4.61. The summed E-state index contributed by atoms with van der Waals surface area (Å²) < 4.78 is 34.7. The number of amides is 2. The zero-order chi connectivity index (χ0) is 28.4. The van der Waals surface area contributed by atoms with Gasteiger partial charge < -0.3 is 15.0 Å². The molecule has 1 atom stereocenters. The molecule has 0 radical (unpaired) electrons. The summed E-state index contributed by atoms with van der Waals surface area (Å²) in [6, 6.07) is 23.1. The molecule has 3 rings (SSSR count). The van der Waals surface area contributed by atoms with Crippen LogP contribution in [0, 0.1) is 0 Å². The number of ether oxygens (including phenoxy) is 1. The molecule has 3 aromatic carbocycles. The first-order chi connectivity index (χ1) is 18.7. The molecule has 0 bridgehead atoms. The topological polar surface area (TPSA) is 96.0 Å². The van der Waals surface area contributed by atoms with Gasteiger partial charge in [-0.1, -0.05) is 67.6 Å². The molecular formula is C30H37N3O5S. The van der Waals surface area contributed by atoms with Crippen LogP contribution in [0.25, 0.3) is 0 Å². The predicted molar refractivity (Wildman–Crippen MR) is 153 cm³/mol. The largest absolute Gasteiger partial charge is 0.492 e. The number of benzene rings is 3. The van der Waals surface area contributed by atoms with Crippen molar-refractivity contribution in [1.29, 1.82) is 0 Å². The van der Waals surface area contributed by atoms with Crippen molar-refractivity contribution >= 4 is 27.5 Å². The Morgan fingerprint density at radius 3 is 2.05 bits per heavy atom. The summed E-state index contributed by atoms with van der Waals surface area (Å²) in [6.45, 7) is 7.30. The fraction of sp³-hybridized carbons (Fsp3) is 0.333. The van der Waals surface area contributed by atoms with Crippen LogP contribution in [-0.2, 0) is 26.2 Å². The third-order valence-electron chi connectivity index (χ3n) is 6.06. The van der Waals surface area contributed by atoms with E-state index in [-0.39, 0.29) is 29.1 Å². The Bertz CT molecular complexity index is 1330. The van der Waals surface area contributed by atoms with Crippen LogP contribution in [0.2, 0.25) is 0 Å². The number of carbonyl (C=O) groups is 2. The molecule has 9 heteroatoms. The minimum Gasteiger partial charge on any atom is -0.492 e. The van der Waals surface area contributed by atoms with Crippen LogP contribution in [-0.4, -0.2) is 50.4 Å². The summed E-state index contributed by atoms with van der Waals surface area (Å²) in [4.78, 5) is 28.8. The highest BCUT2D eigenvalue weighted by molar-refractivity contribution is 7.92. The standard InChI is InChI=1S/C30H37N3O5S/c1-5-26(30(35)31-23(3)4)32(21-24-15-9-7-10-16-24)29(34)22-33(27-19-13-14-20-28(27)38-6-2)39(36,37)25-17-11-8-12-18-25/h7-20,23,26H,5-6,21-22H2,1-4H3,(H,31,35). The van der Waals surface area contributed by atoms with Gasteiger partial charge >= 0.3 is 0 Å². The third kappa shape index (κ3) is 7.60. The van der Waals surface area contributed by atoms with Gasteiger partial charge in [0.15, 0.2) is 0 Å². The second-order valence-corrected chi connectivity index (χ2v) is 11.2. The molecule has 0 saturated carbocycles. The Balaban J connectivity index is 2.09. The number of hydrogen-bond donors (Lipinski definition) is 1. The van der Waals surface area contributed by atoms with Crippen LogP contribution in [0.5, 0.6) is 5.75 Å². The fourth-order valence-electron chi connectivity index (χ4n) is 4.25. The van der Waals surface area contributed by atoms with E-state index in [9.17, 15) is 18.0 Å². The van der Waals surface area contributed by atoms with Crippen LogP contribution in [0.1, 0.15) is 39.7 Å². The number of carbonyl (C=O) groups excluding carboxylic acids is 2. The highest BCUT2D eigenvalue weighted by Gasteiger charge is 2.34. The zero-order valence-corrected chi connectivity index (χ0v) is 23.7. The Labute approximate surface area is 231 Å². The van der Waals surface area contributed by atoms with Gasteiger partial charge in [0.2, 0.25) is 11.8 Å². The molecule has 0 heterocycles. The third-order valence-corrected chi connectivity index (χ3v) is 7.83. The fourth-order valence-corrected chi connectivity index (χ4v) is 5.70. The maximum Gasteiger partial charge on any atom is 0.264 e. The first kappa shape index (κ1) is 29.7. The number of para-hydroxylation sites is 2. The van der Waals surface area contributed by atoms with Crippen LogP contribution < -0.4 is 14.4 Å². The molecule has 0 aliphatic rings. The van der Waals surface area contributed by atoms with E-state index in [2.05, 4.69) is 5.32 Å². The lowest BCUT2D eigenvalue weighted by atomic mass is 10.1. The molecule has 0 fully saturated rings. The van der Waals surface area contributed by atoms with Gasteiger partial charge in [-0.3, -0.25) is 13.9 Å². The molecule has 1 N–H and O–H groups in total. The van der Waals surface area contributed by atoms with Gasteiger partial charge in [-0.2, -0.15) is 0 Å². The quantitative estimate of drug-likeness (QED) is 0.335. The molecular weight excluding hydrogens is 514 g/mol. The minimum atomic E-state index is -4.16. The number of nitrogens with zero attached hydrogens (tertiary/aromatic N) is 2. The number of nitrogens with one attached hydrogen (secondary N) is 1. The van der Waals surface area contributed by atoms with Crippen molar-refractivity contribution in [2.24, 2.45) is 0 Å². The number of rotatable bonds is 13. The lowest BCUT2D eigenvalue weighted by molar-refractivity contribution is -0.140. The van der Waals surface area contributed by atoms with Crippen molar-refractivity contribution in [2.75, 3.05) is 17.5 Å². The van der Waals surface area contributed by atoms with Gasteiger partial charge in [0.05, 0.1) is 17.2 Å². The van der Waals surface area contributed by atoms with E-state index in [1.165, 1.54) is 17.0 Å². The van der Waals surface area contributed by atoms with Gasteiger partial charge in [-0.25, -0.2) is 8.42 Å². The normalized spacial score (nSPS) is 12.0. The van der Waals surface area contributed by atoms with Gasteiger partial charge in [0.25, 0.3) is 10.0 Å². The molecule has 3 aromatic rings. The van der Waals surface area contributed by atoms with E-state index >= 15 is 0 Å². The number of anilines is 1. The second kappa shape index (κ2) is 13.8. The molecule has 0 saturated heterocycles. The molecule has 0 spiro atoms. The summed E-state index contributed by atoms with van der Waals surface area (Å²) in [6.07, 6.45) is 0.359. The van der Waals surface area contributed by atoms with Crippen LogP contribution in [0.3, 0.4) is 0 Å². The van der Waals surface area contributed by atoms with Crippen LogP contribution in [0.4, 0.5) is 5.69 Å². The van der Waals surface area contributed by atoms with Gasteiger partial charge in [-0.15, -0.1) is 0 Å². The Morgan fingerprint density at radius 2 is 1.46 bits per heavy atom. The summed E-state index contributed by atoms with van der Waals surface area (Å²) in [5.74, 6) is -0.453. The van der Waals surface area contributed by atoms with E-state index in [4.69, 9.17) is 4.74 Å². The van der Waals surface area contributed by atoms with Gasteiger partial charge in [-0.05, 0) is 57.0 Å². The minimum absolute atomic E-state index is 0.0447. The molecule has 208 valence electrons. The van der Waals surface area contributed by atoms with Crippen LogP contribution >= 0.6 is 0 Å². The average molecular weight is 552 g/mol. The summed E-state index contributed by atoms with van der Waals surface area (Å²) >= 11 is 0. The molecule has 0 aliphatic heterocycles. The maximum atomic E-state index is 14.1. The monoisotopic (exact) mass is 551 g/mol. The van der Waals surface area contributed by atoms with E-state index < -0.39 is 28.5 Å². The average Bonchev–Trinajstić information content (AvgIpc) is 2.92. The molecule has 1 unspecified atom stereocenters. The SMILES string of the molecule is CCOc1ccccc1N(CC(=O)N(Cc1ccccc1)C(CC)C(=O)NC(C)C)S(=O)(=O)c1ccccc1. The van der Waals surface area contributed by atoms with E-state index in [0.717, 1.165) is 9.87 Å². The molecule has 0 aromatic heterocycles. The molecule has 8 nitrogen and oxygen atoms in total. The smallest absolute Gasteiger partial charge is 0.264 e. The summed E-state index contributed by atoms with van der Waals surface area (Å²) in [5, 5.41) is 2.90. The number of sulfonamides is 1. The molecule has 39 heavy (non-hydrogen) atoms. The lowest BCUT2D eigenvalue weighted by Gasteiger charge is -2.34. The summed E-state index contributed by atoms with van der Waals surface area (Å²) in [5.41, 5.74) is 1.07. The van der Waals surface area contributed by atoms with Crippen molar-refractivity contribution in [3.8, 4) is 5.75 Å². The maximum absolute atomic E-state index is 14.1. The lowest BCUT2D eigenvalue weighted by Crippen LogP contribution is -2.53. The second-order valence-electron chi connectivity index (χ2n) is 9.32. The van der Waals surface area contributed by atoms with Crippen molar-refractivity contribution in [2.45, 2.75) is 57.6 Å². The first-order valence-electron chi connectivity index (χ1n) is 13.1. The van der Waals surface area contributed by atoms with E-state index in [0.29, 0.717) is 18.8 Å². The highest BCUT2D eigenvalue weighted by atomic mass is 32.2. The Kier molecular flexibility index (Phi) is 10.5. The Morgan fingerprint density at radius 1 is 0.872 bits per heavy atom. The Hall–Kier alpha value is -3.85. The molecule has 2 amide bonds. The van der Waals surface area contributed by atoms with Gasteiger partial charge in [0, 0.05) is 12.6 Å². The number of hydrogen-bond acceptors (Lipinski definition) is 5. The zero-order valence-electron chi connectivity index (χ0n) is 22.9. The highest BCUT2D eigenvalue weighted by Crippen LogP contribution is 2.33. The van der Waals surface area contributed by atoms with Crippen molar-refractivity contribution in [3.05, 3.63) is 90.5 Å². The molecule has 0 aliphatic carbocycles. The first-order valence-corrected chi connectivity index (χ1v) is 14.6. The van der Waals surface area contributed by atoms with E-state index in [1.54, 1.807) is 49.4 Å². The van der Waals surface area contributed by atoms with E-state index in [1.807, 2.05) is 51.1 Å². The van der Waals surface area contributed by atoms with Crippen molar-refractivity contribution in [3.63, 3.8) is 0 Å².